The number of hydrogen-bond acceptors (Lipinski definition) is 8. The number of rotatable bonds is 8. The molecule has 3 aromatic rings. The summed E-state index contributed by atoms with van der Waals surface area (Å²) in [5, 5.41) is 37.0. The second-order valence-electron chi connectivity index (χ2n) is 6.54. The second kappa shape index (κ2) is 9.52. The molecule has 2 aromatic carbocycles. The molecule has 0 spiro atoms. The highest BCUT2D eigenvalue weighted by atomic mass is 32.2. The molecule has 0 aliphatic rings. The van der Waals surface area contributed by atoms with Gasteiger partial charge in [-0.1, -0.05) is 42.5 Å². The van der Waals surface area contributed by atoms with Crippen LogP contribution in [0.3, 0.4) is 0 Å². The zero-order valence-electron chi connectivity index (χ0n) is 16.4. The smallest absolute Gasteiger partial charge is 0.355 e. The summed E-state index contributed by atoms with van der Waals surface area (Å²) in [5.74, 6) is -1.19. The first-order valence-corrected chi connectivity index (χ1v) is 11.5. The Kier molecular flexibility index (Phi) is 6.79. The lowest BCUT2D eigenvalue weighted by atomic mass is 9.94. The second-order valence-corrected chi connectivity index (χ2v) is 8.96. The molecule has 32 heavy (non-hydrogen) atoms. The molecule has 1 heterocycles. The molecule has 0 aliphatic heterocycles. The van der Waals surface area contributed by atoms with Gasteiger partial charge in [-0.25, -0.2) is 23.3 Å². The minimum absolute atomic E-state index is 0.0284. The molecule has 0 saturated carbocycles. The molecule has 0 bridgehead atoms. The van der Waals surface area contributed by atoms with Gasteiger partial charge in [0.2, 0.25) is 10.0 Å². The molecule has 162 valence electrons. The van der Waals surface area contributed by atoms with E-state index in [0.717, 1.165) is 11.3 Å². The van der Waals surface area contributed by atoms with Crippen LogP contribution in [-0.2, 0) is 16.4 Å². The van der Waals surface area contributed by atoms with Crippen LogP contribution in [-0.4, -0.2) is 30.2 Å². The first-order valence-electron chi connectivity index (χ1n) is 9.04. The number of aromatic carboxylic acids is 1. The predicted octanol–water partition coefficient (Wildman–Crippen LogP) is 2.99. The van der Waals surface area contributed by atoms with E-state index in [4.69, 9.17) is 15.7 Å². The number of allylic oxidation sites excluding steroid dienone is 2. The maximum atomic E-state index is 11.5. The Hall–Kier alpha value is -3.85. The molecule has 0 aliphatic carbocycles. The van der Waals surface area contributed by atoms with Gasteiger partial charge in [0.1, 0.15) is 11.8 Å². The molecule has 0 atom stereocenters. The summed E-state index contributed by atoms with van der Waals surface area (Å²) in [7, 11) is -3.85. The van der Waals surface area contributed by atoms with E-state index >= 15 is 0 Å². The van der Waals surface area contributed by atoms with Crippen molar-refractivity contribution in [2.45, 2.75) is 11.3 Å². The lowest BCUT2D eigenvalue weighted by Crippen LogP contribution is -2.14. The third-order valence-electron chi connectivity index (χ3n) is 4.37. The van der Waals surface area contributed by atoms with Crippen molar-refractivity contribution >= 4 is 38.2 Å². The highest BCUT2D eigenvalue weighted by molar-refractivity contribution is 7.89. The summed E-state index contributed by atoms with van der Waals surface area (Å²) < 4.78 is 23.0. The minimum atomic E-state index is -3.85. The topological polar surface area (TPSA) is 170 Å². The van der Waals surface area contributed by atoms with Crippen molar-refractivity contribution in [2.75, 3.05) is 5.32 Å². The molecular formula is C21H17N5O4S2. The van der Waals surface area contributed by atoms with Crippen LogP contribution in [0.25, 0.3) is 0 Å². The van der Waals surface area contributed by atoms with Crippen molar-refractivity contribution in [3.8, 4) is 6.07 Å². The molecule has 0 amide bonds. The molecule has 0 radical (unpaired) electrons. The fourth-order valence-electron chi connectivity index (χ4n) is 2.79. The van der Waals surface area contributed by atoms with Crippen molar-refractivity contribution < 1.29 is 18.3 Å². The maximum Gasteiger partial charge on any atom is 0.355 e. The Morgan fingerprint density at radius 1 is 1.19 bits per heavy atom. The van der Waals surface area contributed by atoms with E-state index in [-0.39, 0.29) is 33.6 Å². The van der Waals surface area contributed by atoms with E-state index in [2.05, 4.69) is 10.3 Å². The van der Waals surface area contributed by atoms with Crippen LogP contribution in [0.4, 0.5) is 5.13 Å². The number of carboxylic acids is 1. The van der Waals surface area contributed by atoms with Crippen LogP contribution in [0.15, 0.2) is 76.1 Å². The standard InChI is InChI=1S/C21H17N5O4S2/c22-11-17(25-21-26-18(12-31-21)20(27)28)16(19(23)14-4-2-1-3-5-14)10-13-6-8-15(9-7-13)32(24,29)30/h1-9,12,23H,10H2,(H,25,26)(H,27,28)(H2,24,29,30)/b17-16-,23-19?. The number of nitriles is 1. The Balaban J connectivity index is 2.03. The van der Waals surface area contributed by atoms with Crippen LogP contribution in [0.5, 0.6) is 0 Å². The van der Waals surface area contributed by atoms with Crippen LogP contribution in [0, 0.1) is 16.7 Å². The summed E-state index contributed by atoms with van der Waals surface area (Å²) >= 11 is 1.02. The van der Waals surface area contributed by atoms with E-state index in [1.165, 1.54) is 17.5 Å². The molecule has 0 fully saturated rings. The van der Waals surface area contributed by atoms with E-state index in [1.54, 1.807) is 42.5 Å². The third kappa shape index (κ3) is 5.44. The van der Waals surface area contributed by atoms with Gasteiger partial charge in [-0.2, -0.15) is 5.26 Å². The van der Waals surface area contributed by atoms with Gasteiger partial charge in [0.05, 0.1) is 10.6 Å². The van der Waals surface area contributed by atoms with Crippen LogP contribution >= 0.6 is 11.3 Å². The molecule has 11 heteroatoms. The number of carbonyl (C=O) groups is 1. The quantitative estimate of drug-likeness (QED) is 0.291. The summed E-state index contributed by atoms with van der Waals surface area (Å²) in [6, 6.07) is 16.6. The maximum absolute atomic E-state index is 11.5. The zero-order chi connectivity index (χ0) is 23.3. The van der Waals surface area contributed by atoms with Crippen molar-refractivity contribution in [2.24, 2.45) is 5.14 Å². The monoisotopic (exact) mass is 467 g/mol. The van der Waals surface area contributed by atoms with Gasteiger partial charge in [0, 0.05) is 17.4 Å². The third-order valence-corrected chi connectivity index (χ3v) is 6.05. The molecule has 3 rings (SSSR count). The normalized spacial score (nSPS) is 11.9. The van der Waals surface area contributed by atoms with Gasteiger partial charge in [0.15, 0.2) is 10.8 Å². The number of hydrogen-bond donors (Lipinski definition) is 4. The number of nitrogens with two attached hydrogens (primary N) is 1. The van der Waals surface area contributed by atoms with E-state index in [9.17, 15) is 18.5 Å². The van der Waals surface area contributed by atoms with Gasteiger partial charge in [0.25, 0.3) is 0 Å². The number of benzene rings is 2. The molecule has 1 aromatic heterocycles. The molecule has 0 unspecified atom stereocenters. The van der Waals surface area contributed by atoms with Gasteiger partial charge in [-0.05, 0) is 23.3 Å². The Morgan fingerprint density at radius 3 is 2.38 bits per heavy atom. The average Bonchev–Trinajstić information content (AvgIpc) is 3.25. The highest BCUT2D eigenvalue weighted by Crippen LogP contribution is 2.23. The fraction of sp³-hybridized carbons (Fsp3) is 0.0476. The van der Waals surface area contributed by atoms with E-state index in [1.807, 2.05) is 6.07 Å². The predicted molar refractivity (Wildman–Crippen MR) is 120 cm³/mol. The number of aromatic nitrogens is 1. The van der Waals surface area contributed by atoms with Gasteiger partial charge >= 0.3 is 5.97 Å². The van der Waals surface area contributed by atoms with E-state index in [0.29, 0.717) is 16.7 Å². The average molecular weight is 468 g/mol. The fourth-order valence-corrected chi connectivity index (χ4v) is 3.99. The summed E-state index contributed by atoms with van der Waals surface area (Å²) in [5.41, 5.74) is 1.50. The molecule has 9 nitrogen and oxygen atoms in total. The first-order chi connectivity index (χ1) is 15.2. The first kappa shape index (κ1) is 22.8. The van der Waals surface area contributed by atoms with Crippen LogP contribution in [0.2, 0.25) is 0 Å². The number of anilines is 1. The summed E-state index contributed by atoms with van der Waals surface area (Å²) in [6.07, 6.45) is 0.131. The Morgan fingerprint density at radius 2 is 1.84 bits per heavy atom. The SMILES string of the molecule is N#C/C(Nc1nc(C(=O)O)cs1)=C(\Cc1ccc(S(N)(=O)=O)cc1)C(=N)c1ccccc1. The Labute approximate surface area is 188 Å². The van der Waals surface area contributed by atoms with Crippen molar-refractivity contribution in [1.29, 1.82) is 10.7 Å². The number of nitrogens with one attached hydrogen (secondary N) is 2. The van der Waals surface area contributed by atoms with Crippen molar-refractivity contribution in [3.05, 3.63) is 88.1 Å². The van der Waals surface area contributed by atoms with Crippen LogP contribution in [0.1, 0.15) is 21.6 Å². The largest absolute Gasteiger partial charge is 0.476 e. The highest BCUT2D eigenvalue weighted by Gasteiger charge is 2.18. The number of thiazole rings is 1. The van der Waals surface area contributed by atoms with Crippen molar-refractivity contribution in [3.63, 3.8) is 0 Å². The Bertz CT molecular complexity index is 1340. The zero-order valence-corrected chi connectivity index (χ0v) is 18.1. The number of nitrogens with zero attached hydrogens (tertiary/aromatic N) is 2. The molecule has 5 N–H and O–H groups in total. The molecule has 0 saturated heterocycles. The van der Waals surface area contributed by atoms with E-state index < -0.39 is 16.0 Å². The lowest BCUT2D eigenvalue weighted by Gasteiger charge is -2.14. The lowest BCUT2D eigenvalue weighted by molar-refractivity contribution is 0.0691. The van der Waals surface area contributed by atoms with Crippen LogP contribution < -0.4 is 10.5 Å². The van der Waals surface area contributed by atoms with Gasteiger partial charge in [-0.3, -0.25) is 5.41 Å². The summed E-state index contributed by atoms with van der Waals surface area (Å²) in [4.78, 5) is 15.0. The van der Waals surface area contributed by atoms with Crippen molar-refractivity contribution in [1.82, 2.24) is 4.98 Å². The minimum Gasteiger partial charge on any atom is -0.476 e. The molecular weight excluding hydrogens is 450 g/mol. The van der Waals surface area contributed by atoms with Gasteiger partial charge < -0.3 is 10.4 Å². The van der Waals surface area contributed by atoms with Gasteiger partial charge in [-0.15, -0.1) is 11.3 Å². The summed E-state index contributed by atoms with van der Waals surface area (Å²) in [6.45, 7) is 0. The number of carboxylic acid groups (broad SMARTS) is 1. The number of sulfonamides is 1. The number of primary sulfonamides is 1.